The van der Waals surface area contributed by atoms with Crippen LogP contribution in [-0.2, 0) is 0 Å². The number of hydrogen-bond acceptors (Lipinski definition) is 5. The molecule has 1 fully saturated rings. The van der Waals surface area contributed by atoms with Crippen molar-refractivity contribution in [2.75, 3.05) is 23.3 Å². The number of aryl methyl sites for hydroxylation is 1. The fourth-order valence-electron chi connectivity index (χ4n) is 2.97. The number of carbonyl (C=O) groups is 1. The van der Waals surface area contributed by atoms with Gasteiger partial charge in [0.2, 0.25) is 0 Å². The molecule has 7 heteroatoms. The zero-order chi connectivity index (χ0) is 17.8. The van der Waals surface area contributed by atoms with Crippen LogP contribution in [0, 0.1) is 17.0 Å². The van der Waals surface area contributed by atoms with Crippen LogP contribution in [0.5, 0.6) is 0 Å². The lowest BCUT2D eigenvalue weighted by atomic mass is 10.1. The van der Waals surface area contributed by atoms with E-state index in [-0.39, 0.29) is 11.6 Å². The van der Waals surface area contributed by atoms with Gasteiger partial charge in [0, 0.05) is 30.3 Å². The van der Waals surface area contributed by atoms with Gasteiger partial charge in [-0.25, -0.2) is 4.98 Å². The molecule has 0 atom stereocenters. The molecule has 1 saturated heterocycles. The first-order chi connectivity index (χ1) is 12.0. The van der Waals surface area contributed by atoms with Gasteiger partial charge in [-0.2, -0.15) is 0 Å². The van der Waals surface area contributed by atoms with E-state index in [1.54, 1.807) is 13.1 Å². The number of nitro benzene ring substituents is 1. The molecule has 1 aliphatic rings. The SMILES string of the molecule is Cc1cc(C(=O)Nc2ccc(N3CCCCC3)nc2)ccc1[N+](=O)[O-]. The van der Waals surface area contributed by atoms with Gasteiger partial charge in [-0.3, -0.25) is 14.9 Å². The summed E-state index contributed by atoms with van der Waals surface area (Å²) in [6.45, 7) is 3.64. The average Bonchev–Trinajstić information content (AvgIpc) is 2.62. The van der Waals surface area contributed by atoms with Crippen LogP contribution >= 0.6 is 0 Å². The molecule has 0 spiro atoms. The molecule has 1 aromatic heterocycles. The Hall–Kier alpha value is -2.96. The van der Waals surface area contributed by atoms with Crippen LogP contribution in [0.25, 0.3) is 0 Å². The summed E-state index contributed by atoms with van der Waals surface area (Å²) in [5, 5.41) is 13.6. The van der Waals surface area contributed by atoms with Crippen molar-refractivity contribution in [1.82, 2.24) is 4.98 Å². The fourth-order valence-corrected chi connectivity index (χ4v) is 2.97. The molecule has 3 rings (SSSR count). The van der Waals surface area contributed by atoms with Crippen molar-refractivity contribution in [3.8, 4) is 0 Å². The molecule has 0 saturated carbocycles. The van der Waals surface area contributed by atoms with E-state index in [2.05, 4.69) is 15.2 Å². The van der Waals surface area contributed by atoms with E-state index in [9.17, 15) is 14.9 Å². The molecule has 25 heavy (non-hydrogen) atoms. The minimum atomic E-state index is -0.458. The lowest BCUT2D eigenvalue weighted by Gasteiger charge is -2.27. The van der Waals surface area contributed by atoms with Crippen molar-refractivity contribution in [3.05, 3.63) is 57.8 Å². The summed E-state index contributed by atoms with van der Waals surface area (Å²) in [5.41, 5.74) is 1.44. The molecule has 1 N–H and O–H groups in total. The lowest BCUT2D eigenvalue weighted by molar-refractivity contribution is -0.385. The zero-order valence-electron chi connectivity index (χ0n) is 14.1. The second kappa shape index (κ2) is 7.29. The van der Waals surface area contributed by atoms with Crippen LogP contribution in [0.1, 0.15) is 35.2 Å². The van der Waals surface area contributed by atoms with Crippen molar-refractivity contribution in [1.29, 1.82) is 0 Å². The number of amides is 1. The molecule has 130 valence electrons. The summed E-state index contributed by atoms with van der Waals surface area (Å²) in [6, 6.07) is 8.05. The topological polar surface area (TPSA) is 88.4 Å². The molecule has 1 aromatic carbocycles. The summed E-state index contributed by atoms with van der Waals surface area (Å²) >= 11 is 0. The Labute approximate surface area is 145 Å². The molecular formula is C18H20N4O3. The Morgan fingerprint density at radius 2 is 1.96 bits per heavy atom. The zero-order valence-corrected chi connectivity index (χ0v) is 14.1. The van der Waals surface area contributed by atoms with Gasteiger partial charge in [0.05, 0.1) is 16.8 Å². The average molecular weight is 340 g/mol. The largest absolute Gasteiger partial charge is 0.357 e. The molecule has 0 aliphatic carbocycles. The number of anilines is 2. The van der Waals surface area contributed by atoms with E-state index in [0.717, 1.165) is 18.9 Å². The van der Waals surface area contributed by atoms with Crippen molar-refractivity contribution in [2.24, 2.45) is 0 Å². The van der Waals surface area contributed by atoms with Crippen molar-refractivity contribution in [2.45, 2.75) is 26.2 Å². The number of carbonyl (C=O) groups excluding carboxylic acids is 1. The molecule has 2 heterocycles. The third-order valence-electron chi connectivity index (χ3n) is 4.34. The minimum Gasteiger partial charge on any atom is -0.357 e. The summed E-state index contributed by atoms with van der Waals surface area (Å²) < 4.78 is 0. The van der Waals surface area contributed by atoms with Crippen molar-refractivity contribution < 1.29 is 9.72 Å². The molecule has 1 aliphatic heterocycles. The van der Waals surface area contributed by atoms with Crippen LogP contribution in [-0.4, -0.2) is 28.9 Å². The number of rotatable bonds is 4. The normalized spacial score (nSPS) is 14.2. The summed E-state index contributed by atoms with van der Waals surface area (Å²) in [5.74, 6) is 0.606. The van der Waals surface area contributed by atoms with Gasteiger partial charge in [-0.15, -0.1) is 0 Å². The van der Waals surface area contributed by atoms with E-state index in [1.807, 2.05) is 12.1 Å². The van der Waals surface area contributed by atoms with Crippen LogP contribution in [0.3, 0.4) is 0 Å². The molecule has 0 radical (unpaired) electrons. The highest BCUT2D eigenvalue weighted by atomic mass is 16.6. The highest BCUT2D eigenvalue weighted by Crippen LogP contribution is 2.21. The number of hydrogen-bond donors (Lipinski definition) is 1. The Kier molecular flexibility index (Phi) is 4.92. The van der Waals surface area contributed by atoms with E-state index in [4.69, 9.17) is 0 Å². The number of nitrogens with one attached hydrogen (secondary N) is 1. The quantitative estimate of drug-likeness (QED) is 0.679. The summed E-state index contributed by atoms with van der Waals surface area (Å²) in [4.78, 5) is 29.4. The maximum atomic E-state index is 12.3. The highest BCUT2D eigenvalue weighted by molar-refractivity contribution is 6.04. The smallest absolute Gasteiger partial charge is 0.272 e. The van der Waals surface area contributed by atoms with Crippen LogP contribution in [0.4, 0.5) is 17.2 Å². The van der Waals surface area contributed by atoms with E-state index in [1.165, 1.54) is 37.5 Å². The van der Waals surface area contributed by atoms with Crippen molar-refractivity contribution >= 4 is 23.1 Å². The van der Waals surface area contributed by atoms with Gasteiger partial charge in [0.1, 0.15) is 5.82 Å². The van der Waals surface area contributed by atoms with Crippen LogP contribution in [0.2, 0.25) is 0 Å². The highest BCUT2D eigenvalue weighted by Gasteiger charge is 2.15. The second-order valence-corrected chi connectivity index (χ2v) is 6.17. The lowest BCUT2D eigenvalue weighted by Crippen LogP contribution is -2.30. The number of nitrogens with zero attached hydrogens (tertiary/aromatic N) is 3. The first kappa shape index (κ1) is 16.9. The predicted molar refractivity (Wildman–Crippen MR) is 96.1 cm³/mol. The Balaban J connectivity index is 1.68. The minimum absolute atomic E-state index is 0.00380. The summed E-state index contributed by atoms with van der Waals surface area (Å²) in [7, 11) is 0. The molecule has 1 amide bonds. The number of aromatic nitrogens is 1. The van der Waals surface area contributed by atoms with Gasteiger partial charge in [0.25, 0.3) is 11.6 Å². The number of benzene rings is 1. The van der Waals surface area contributed by atoms with E-state index < -0.39 is 4.92 Å². The van der Waals surface area contributed by atoms with Gasteiger partial charge < -0.3 is 10.2 Å². The van der Waals surface area contributed by atoms with Crippen molar-refractivity contribution in [3.63, 3.8) is 0 Å². The second-order valence-electron chi connectivity index (χ2n) is 6.17. The molecule has 0 unspecified atom stereocenters. The van der Waals surface area contributed by atoms with Gasteiger partial charge in [-0.05, 0) is 50.5 Å². The summed E-state index contributed by atoms with van der Waals surface area (Å²) in [6.07, 6.45) is 5.26. The Bertz CT molecular complexity index is 783. The van der Waals surface area contributed by atoms with E-state index >= 15 is 0 Å². The third kappa shape index (κ3) is 3.93. The maximum absolute atomic E-state index is 12.3. The predicted octanol–water partition coefficient (Wildman–Crippen LogP) is 3.54. The standard InChI is InChI=1S/C18H20N4O3/c1-13-11-14(5-7-16(13)22(24)25)18(23)20-15-6-8-17(19-12-15)21-9-3-2-4-10-21/h5-8,11-12H,2-4,9-10H2,1H3,(H,20,23). The molecule has 7 nitrogen and oxygen atoms in total. The number of piperidine rings is 1. The Morgan fingerprint density at radius 3 is 2.56 bits per heavy atom. The van der Waals surface area contributed by atoms with Gasteiger partial charge in [0.15, 0.2) is 0 Å². The molecule has 2 aromatic rings. The monoisotopic (exact) mass is 340 g/mol. The maximum Gasteiger partial charge on any atom is 0.272 e. The Morgan fingerprint density at radius 1 is 1.20 bits per heavy atom. The van der Waals surface area contributed by atoms with Gasteiger partial charge >= 0.3 is 0 Å². The first-order valence-electron chi connectivity index (χ1n) is 8.32. The third-order valence-corrected chi connectivity index (χ3v) is 4.34. The number of pyridine rings is 1. The fraction of sp³-hybridized carbons (Fsp3) is 0.333. The molecule has 0 bridgehead atoms. The van der Waals surface area contributed by atoms with E-state index in [0.29, 0.717) is 16.8 Å². The number of nitro groups is 1. The van der Waals surface area contributed by atoms with Gasteiger partial charge in [-0.1, -0.05) is 0 Å². The molecular weight excluding hydrogens is 320 g/mol. The van der Waals surface area contributed by atoms with Crippen LogP contribution < -0.4 is 10.2 Å². The van der Waals surface area contributed by atoms with Crippen LogP contribution in [0.15, 0.2) is 36.5 Å². The first-order valence-corrected chi connectivity index (χ1v) is 8.32.